The van der Waals surface area contributed by atoms with Gasteiger partial charge in [-0.25, -0.2) is 4.98 Å². The van der Waals surface area contributed by atoms with Gasteiger partial charge in [-0.3, -0.25) is 10.2 Å². The van der Waals surface area contributed by atoms with Crippen molar-refractivity contribution in [1.29, 1.82) is 5.41 Å². The highest BCUT2D eigenvalue weighted by atomic mass is 35.5. The molecular weight excluding hydrogens is 260 g/mol. The van der Waals surface area contributed by atoms with E-state index in [1.807, 2.05) is 0 Å². The van der Waals surface area contributed by atoms with E-state index in [1.54, 1.807) is 18.2 Å². The fraction of sp³-hybridized carbons (Fsp3) is 0.100. The molecule has 2 aromatic rings. The second-order valence-electron chi connectivity index (χ2n) is 3.33. The van der Waals surface area contributed by atoms with Crippen LogP contribution in [0, 0.1) is 5.41 Å². The second kappa shape index (κ2) is 4.77. The molecule has 0 bridgehead atoms. The first-order valence-corrected chi connectivity index (χ1v) is 6.08. The Morgan fingerprint density at radius 1 is 1.59 bits per heavy atom. The number of aromatic nitrogens is 2. The van der Waals surface area contributed by atoms with Crippen molar-refractivity contribution in [2.75, 3.05) is 0 Å². The lowest BCUT2D eigenvalue weighted by molar-refractivity contribution is 1.04. The molecule has 2 rings (SSSR count). The SMILES string of the molecule is N=C(N)SCc1nc2cc(Cl)ccc2c(=O)[nH]1. The molecule has 0 aliphatic heterocycles. The molecule has 0 atom stereocenters. The van der Waals surface area contributed by atoms with Crippen molar-refractivity contribution in [2.45, 2.75) is 5.75 Å². The van der Waals surface area contributed by atoms with Crippen LogP contribution in [0.5, 0.6) is 0 Å². The Bertz CT molecular complexity index is 640. The van der Waals surface area contributed by atoms with E-state index in [0.29, 0.717) is 27.5 Å². The number of nitrogens with one attached hydrogen (secondary N) is 2. The molecule has 7 heteroatoms. The van der Waals surface area contributed by atoms with Crippen LogP contribution in [0.2, 0.25) is 5.02 Å². The fourth-order valence-corrected chi connectivity index (χ4v) is 1.97. The molecule has 0 aliphatic carbocycles. The van der Waals surface area contributed by atoms with Crippen LogP contribution in [0.25, 0.3) is 10.9 Å². The molecule has 1 aromatic carbocycles. The number of rotatable bonds is 2. The lowest BCUT2D eigenvalue weighted by Crippen LogP contribution is -2.12. The van der Waals surface area contributed by atoms with Gasteiger partial charge in [0.05, 0.1) is 16.7 Å². The molecule has 0 spiro atoms. The molecule has 4 N–H and O–H groups in total. The van der Waals surface area contributed by atoms with Crippen molar-refractivity contribution in [1.82, 2.24) is 9.97 Å². The van der Waals surface area contributed by atoms with Crippen LogP contribution in [-0.2, 0) is 5.75 Å². The number of benzene rings is 1. The molecule has 17 heavy (non-hydrogen) atoms. The number of nitrogens with two attached hydrogens (primary N) is 1. The van der Waals surface area contributed by atoms with Crippen molar-refractivity contribution in [3.05, 3.63) is 39.4 Å². The zero-order chi connectivity index (χ0) is 12.4. The minimum atomic E-state index is -0.217. The molecule has 0 amide bonds. The summed E-state index contributed by atoms with van der Waals surface area (Å²) in [5, 5.41) is 8.10. The Balaban J connectivity index is 2.46. The van der Waals surface area contributed by atoms with Crippen LogP contribution in [-0.4, -0.2) is 15.1 Å². The first-order chi connectivity index (χ1) is 8.06. The van der Waals surface area contributed by atoms with E-state index >= 15 is 0 Å². The van der Waals surface area contributed by atoms with Gasteiger partial charge in [0.25, 0.3) is 5.56 Å². The summed E-state index contributed by atoms with van der Waals surface area (Å²) < 4.78 is 0. The van der Waals surface area contributed by atoms with E-state index in [4.69, 9.17) is 22.7 Å². The minimum Gasteiger partial charge on any atom is -0.379 e. The molecular formula is C10H9ClN4OS. The van der Waals surface area contributed by atoms with E-state index in [1.165, 1.54) is 0 Å². The van der Waals surface area contributed by atoms with Crippen LogP contribution in [0.4, 0.5) is 0 Å². The maximum Gasteiger partial charge on any atom is 0.258 e. The van der Waals surface area contributed by atoms with E-state index in [0.717, 1.165) is 11.8 Å². The first kappa shape index (κ1) is 11.9. The molecule has 0 radical (unpaired) electrons. The minimum absolute atomic E-state index is 0.0150. The third-order valence-corrected chi connectivity index (χ3v) is 3.05. The summed E-state index contributed by atoms with van der Waals surface area (Å²) in [4.78, 5) is 18.6. The smallest absolute Gasteiger partial charge is 0.258 e. The summed E-state index contributed by atoms with van der Waals surface area (Å²) in [6.07, 6.45) is 0. The maximum absolute atomic E-state index is 11.7. The number of hydrogen-bond donors (Lipinski definition) is 3. The van der Waals surface area contributed by atoms with Gasteiger partial charge >= 0.3 is 0 Å². The van der Waals surface area contributed by atoms with Crippen molar-refractivity contribution in [3.8, 4) is 0 Å². The topological polar surface area (TPSA) is 95.6 Å². The average molecular weight is 269 g/mol. The third kappa shape index (κ3) is 2.78. The number of fused-ring (bicyclic) bond motifs is 1. The summed E-state index contributed by atoms with van der Waals surface area (Å²) in [7, 11) is 0. The lowest BCUT2D eigenvalue weighted by atomic mass is 10.2. The van der Waals surface area contributed by atoms with Crippen LogP contribution in [0.15, 0.2) is 23.0 Å². The Kier molecular flexibility index (Phi) is 3.35. The quantitative estimate of drug-likeness (QED) is 0.571. The number of halogens is 1. The van der Waals surface area contributed by atoms with Gasteiger partial charge in [-0.2, -0.15) is 0 Å². The number of amidine groups is 1. The van der Waals surface area contributed by atoms with Crippen LogP contribution < -0.4 is 11.3 Å². The number of aromatic amines is 1. The third-order valence-electron chi connectivity index (χ3n) is 2.08. The average Bonchev–Trinajstić information content (AvgIpc) is 2.25. The number of hydrogen-bond acceptors (Lipinski definition) is 4. The number of H-pyrrole nitrogens is 1. The van der Waals surface area contributed by atoms with Crippen molar-refractivity contribution < 1.29 is 0 Å². The fourth-order valence-electron chi connectivity index (χ4n) is 1.38. The summed E-state index contributed by atoms with van der Waals surface area (Å²) >= 11 is 6.94. The predicted molar refractivity (Wildman–Crippen MR) is 70.6 cm³/mol. The Morgan fingerprint density at radius 2 is 2.35 bits per heavy atom. The van der Waals surface area contributed by atoms with Gasteiger partial charge in [0.2, 0.25) is 0 Å². The normalized spacial score (nSPS) is 10.6. The van der Waals surface area contributed by atoms with Gasteiger partial charge < -0.3 is 10.7 Å². The van der Waals surface area contributed by atoms with Gasteiger partial charge in [0.15, 0.2) is 5.17 Å². The molecule has 0 fully saturated rings. The highest BCUT2D eigenvalue weighted by molar-refractivity contribution is 8.12. The molecule has 0 unspecified atom stereocenters. The van der Waals surface area contributed by atoms with Gasteiger partial charge in [-0.05, 0) is 18.2 Å². The zero-order valence-electron chi connectivity index (χ0n) is 8.66. The Morgan fingerprint density at radius 3 is 3.06 bits per heavy atom. The van der Waals surface area contributed by atoms with E-state index in [2.05, 4.69) is 9.97 Å². The van der Waals surface area contributed by atoms with Gasteiger partial charge in [0, 0.05) is 5.02 Å². The van der Waals surface area contributed by atoms with Gasteiger partial charge in [-0.1, -0.05) is 23.4 Å². The Labute approximate surface area is 106 Å². The van der Waals surface area contributed by atoms with Gasteiger partial charge in [-0.15, -0.1) is 0 Å². The lowest BCUT2D eigenvalue weighted by Gasteiger charge is -2.02. The first-order valence-electron chi connectivity index (χ1n) is 4.71. The van der Waals surface area contributed by atoms with Crippen LogP contribution in [0.1, 0.15) is 5.82 Å². The largest absolute Gasteiger partial charge is 0.379 e. The monoisotopic (exact) mass is 268 g/mol. The highest BCUT2D eigenvalue weighted by Gasteiger charge is 2.05. The summed E-state index contributed by atoms with van der Waals surface area (Å²) in [6.45, 7) is 0. The zero-order valence-corrected chi connectivity index (χ0v) is 10.2. The van der Waals surface area contributed by atoms with Crippen molar-refractivity contribution in [3.63, 3.8) is 0 Å². The number of nitrogens with zero attached hydrogens (tertiary/aromatic N) is 1. The van der Waals surface area contributed by atoms with Crippen LogP contribution in [0.3, 0.4) is 0 Å². The second-order valence-corrected chi connectivity index (χ2v) is 4.78. The summed E-state index contributed by atoms with van der Waals surface area (Å²) in [6, 6.07) is 4.91. The molecule has 1 heterocycles. The molecule has 0 saturated heterocycles. The summed E-state index contributed by atoms with van der Waals surface area (Å²) in [5.74, 6) is 0.831. The maximum atomic E-state index is 11.7. The van der Waals surface area contributed by atoms with E-state index < -0.39 is 0 Å². The van der Waals surface area contributed by atoms with Gasteiger partial charge in [0.1, 0.15) is 5.82 Å². The summed E-state index contributed by atoms with van der Waals surface area (Å²) in [5.41, 5.74) is 5.55. The number of thioether (sulfide) groups is 1. The van der Waals surface area contributed by atoms with Crippen molar-refractivity contribution in [2.24, 2.45) is 5.73 Å². The van der Waals surface area contributed by atoms with E-state index in [9.17, 15) is 4.79 Å². The molecule has 1 aromatic heterocycles. The molecule has 0 aliphatic rings. The molecule has 88 valence electrons. The van der Waals surface area contributed by atoms with Crippen LogP contribution >= 0.6 is 23.4 Å². The standard InChI is InChI=1S/C10H9ClN4OS/c11-5-1-2-6-7(3-5)14-8(15-9(6)16)4-17-10(12)13/h1-3H,4H2,(H3,12,13)(H,14,15,16). The Hall–Kier alpha value is -1.53. The van der Waals surface area contributed by atoms with Crippen molar-refractivity contribution >= 4 is 39.4 Å². The highest BCUT2D eigenvalue weighted by Crippen LogP contribution is 2.15. The molecule has 5 nitrogen and oxygen atoms in total. The predicted octanol–water partition coefficient (Wildman–Crippen LogP) is 1.70. The van der Waals surface area contributed by atoms with E-state index in [-0.39, 0.29) is 10.7 Å². The molecule has 0 saturated carbocycles.